The zero-order valence-corrected chi connectivity index (χ0v) is 9.61. The summed E-state index contributed by atoms with van der Waals surface area (Å²) in [4.78, 5) is 0. The van der Waals surface area contributed by atoms with Gasteiger partial charge >= 0.3 is 0 Å². The normalized spacial score (nSPS) is 21.4. The Kier molecular flexibility index (Phi) is 2.40. The summed E-state index contributed by atoms with van der Waals surface area (Å²) in [5, 5.41) is 8.12. The van der Waals surface area contributed by atoms with Crippen LogP contribution in [0.25, 0.3) is 5.52 Å². The van der Waals surface area contributed by atoms with Crippen molar-refractivity contribution in [2.75, 3.05) is 13.1 Å². The first-order valence-corrected chi connectivity index (χ1v) is 6.00. The molecule has 1 atom stereocenters. The van der Waals surface area contributed by atoms with Gasteiger partial charge in [-0.15, -0.1) is 0 Å². The molecule has 1 aliphatic rings. The summed E-state index contributed by atoms with van der Waals surface area (Å²) in [7, 11) is 0. The van der Waals surface area contributed by atoms with E-state index in [2.05, 4.69) is 35.5 Å². The van der Waals surface area contributed by atoms with Gasteiger partial charge in [-0.25, -0.2) is 4.52 Å². The highest BCUT2D eigenvalue weighted by atomic mass is 15.2. The highest BCUT2D eigenvalue weighted by molar-refractivity contribution is 5.54. The summed E-state index contributed by atoms with van der Waals surface area (Å²) in [6.45, 7) is 4.37. The molecule has 3 heteroatoms. The Morgan fingerprint density at radius 2 is 2.44 bits per heavy atom. The van der Waals surface area contributed by atoms with Gasteiger partial charge in [0.25, 0.3) is 0 Å². The van der Waals surface area contributed by atoms with Crippen molar-refractivity contribution in [3.8, 4) is 0 Å². The van der Waals surface area contributed by atoms with Crippen molar-refractivity contribution in [2.45, 2.75) is 25.7 Å². The third kappa shape index (κ3) is 1.61. The smallest absolute Gasteiger partial charge is 0.0693 e. The summed E-state index contributed by atoms with van der Waals surface area (Å²) in [5.41, 5.74) is 3.77. The number of nitrogens with one attached hydrogen (secondary N) is 1. The number of hydrogen-bond donors (Lipinski definition) is 1. The third-order valence-corrected chi connectivity index (χ3v) is 3.45. The summed E-state index contributed by atoms with van der Waals surface area (Å²) >= 11 is 0. The average Bonchev–Trinajstić information content (AvgIpc) is 2.76. The van der Waals surface area contributed by atoms with Crippen molar-refractivity contribution >= 4 is 5.52 Å². The molecule has 0 aromatic carbocycles. The summed E-state index contributed by atoms with van der Waals surface area (Å²) < 4.78 is 2.00. The molecule has 16 heavy (non-hydrogen) atoms. The number of pyridine rings is 1. The van der Waals surface area contributed by atoms with Crippen molar-refractivity contribution in [2.24, 2.45) is 0 Å². The van der Waals surface area contributed by atoms with Gasteiger partial charge in [0.05, 0.1) is 11.2 Å². The Hall–Kier alpha value is -1.35. The molecule has 84 valence electrons. The standard InChI is InChI=1S/C13H17N3/c1-10-4-3-7-16-13(10)8-12(15-16)11-5-2-6-14-9-11/h3-4,7-8,11,14H,2,5-6,9H2,1H3. The van der Waals surface area contributed by atoms with Gasteiger partial charge in [0.2, 0.25) is 0 Å². The fourth-order valence-corrected chi connectivity index (χ4v) is 2.48. The fourth-order valence-electron chi connectivity index (χ4n) is 2.48. The van der Waals surface area contributed by atoms with Crippen molar-refractivity contribution in [1.29, 1.82) is 0 Å². The van der Waals surface area contributed by atoms with Gasteiger partial charge in [0.1, 0.15) is 0 Å². The number of piperidine rings is 1. The van der Waals surface area contributed by atoms with Gasteiger partial charge in [-0.2, -0.15) is 5.10 Å². The van der Waals surface area contributed by atoms with Crippen LogP contribution in [-0.2, 0) is 0 Å². The van der Waals surface area contributed by atoms with Gasteiger partial charge in [-0.1, -0.05) is 6.07 Å². The first-order chi connectivity index (χ1) is 7.84. The number of hydrogen-bond acceptors (Lipinski definition) is 2. The molecule has 1 aliphatic heterocycles. The van der Waals surface area contributed by atoms with Gasteiger partial charge in [-0.05, 0) is 44.0 Å². The quantitative estimate of drug-likeness (QED) is 0.789. The zero-order chi connectivity index (χ0) is 11.0. The Bertz CT molecular complexity index is 495. The molecule has 0 amide bonds. The van der Waals surface area contributed by atoms with E-state index in [4.69, 9.17) is 0 Å². The molecule has 2 aromatic heterocycles. The van der Waals surface area contributed by atoms with E-state index in [0.29, 0.717) is 5.92 Å². The van der Waals surface area contributed by atoms with Crippen LogP contribution in [0.5, 0.6) is 0 Å². The largest absolute Gasteiger partial charge is 0.316 e. The molecule has 1 fully saturated rings. The molecule has 3 rings (SSSR count). The Balaban J connectivity index is 2.01. The van der Waals surface area contributed by atoms with E-state index in [1.54, 1.807) is 0 Å². The van der Waals surface area contributed by atoms with Crippen LogP contribution in [0.15, 0.2) is 24.4 Å². The van der Waals surface area contributed by atoms with Gasteiger partial charge in [0.15, 0.2) is 0 Å². The lowest BCUT2D eigenvalue weighted by atomic mass is 9.96. The Labute approximate surface area is 95.5 Å². The molecule has 1 saturated heterocycles. The summed E-state index contributed by atoms with van der Waals surface area (Å²) in [5.74, 6) is 0.591. The Morgan fingerprint density at radius 1 is 1.50 bits per heavy atom. The first kappa shape index (κ1) is 9.85. The molecule has 0 saturated carbocycles. The van der Waals surface area contributed by atoms with E-state index < -0.39 is 0 Å². The maximum atomic E-state index is 4.67. The second-order valence-electron chi connectivity index (χ2n) is 4.63. The van der Waals surface area contributed by atoms with Crippen LogP contribution in [0, 0.1) is 6.92 Å². The van der Waals surface area contributed by atoms with Crippen molar-refractivity contribution in [3.05, 3.63) is 35.7 Å². The molecule has 0 radical (unpaired) electrons. The van der Waals surface area contributed by atoms with E-state index in [1.807, 2.05) is 10.7 Å². The predicted octanol–water partition coefficient (Wildman–Crippen LogP) is 2.11. The lowest BCUT2D eigenvalue weighted by Gasteiger charge is -2.20. The van der Waals surface area contributed by atoms with Crippen LogP contribution in [0.1, 0.15) is 30.0 Å². The molecule has 2 aromatic rings. The number of nitrogens with zero attached hydrogens (tertiary/aromatic N) is 2. The minimum absolute atomic E-state index is 0.591. The van der Waals surface area contributed by atoms with Crippen molar-refractivity contribution in [3.63, 3.8) is 0 Å². The number of aromatic nitrogens is 2. The van der Waals surface area contributed by atoms with E-state index in [0.717, 1.165) is 13.1 Å². The second-order valence-corrected chi connectivity index (χ2v) is 4.63. The summed E-state index contributed by atoms with van der Waals surface area (Å²) in [6.07, 6.45) is 4.55. The molecular formula is C13H17N3. The molecule has 1 unspecified atom stereocenters. The maximum absolute atomic E-state index is 4.67. The summed E-state index contributed by atoms with van der Waals surface area (Å²) in [6, 6.07) is 6.44. The van der Waals surface area contributed by atoms with Gasteiger partial charge in [0, 0.05) is 18.7 Å². The molecule has 0 spiro atoms. The number of aryl methyl sites for hydroxylation is 1. The van der Waals surface area contributed by atoms with Crippen LogP contribution >= 0.6 is 0 Å². The van der Waals surface area contributed by atoms with E-state index >= 15 is 0 Å². The van der Waals surface area contributed by atoms with E-state index in [9.17, 15) is 0 Å². The second kappa shape index (κ2) is 3.91. The molecule has 0 aliphatic carbocycles. The monoisotopic (exact) mass is 215 g/mol. The fraction of sp³-hybridized carbons (Fsp3) is 0.462. The number of fused-ring (bicyclic) bond motifs is 1. The lowest BCUT2D eigenvalue weighted by Crippen LogP contribution is -2.28. The van der Waals surface area contributed by atoms with Gasteiger partial charge in [-0.3, -0.25) is 0 Å². The lowest BCUT2D eigenvalue weighted by molar-refractivity contribution is 0.453. The third-order valence-electron chi connectivity index (χ3n) is 3.45. The molecule has 3 heterocycles. The van der Waals surface area contributed by atoms with Crippen LogP contribution in [0.4, 0.5) is 0 Å². The minimum atomic E-state index is 0.591. The van der Waals surface area contributed by atoms with E-state index in [1.165, 1.54) is 29.6 Å². The molecule has 1 N–H and O–H groups in total. The zero-order valence-electron chi connectivity index (χ0n) is 9.61. The van der Waals surface area contributed by atoms with Crippen LogP contribution < -0.4 is 5.32 Å². The van der Waals surface area contributed by atoms with Crippen LogP contribution in [0.2, 0.25) is 0 Å². The van der Waals surface area contributed by atoms with Crippen molar-refractivity contribution in [1.82, 2.24) is 14.9 Å². The molecule has 0 bridgehead atoms. The maximum Gasteiger partial charge on any atom is 0.0693 e. The highest BCUT2D eigenvalue weighted by Gasteiger charge is 2.18. The highest BCUT2D eigenvalue weighted by Crippen LogP contribution is 2.23. The van der Waals surface area contributed by atoms with Crippen LogP contribution in [0.3, 0.4) is 0 Å². The molecule has 3 nitrogen and oxygen atoms in total. The number of rotatable bonds is 1. The van der Waals surface area contributed by atoms with E-state index in [-0.39, 0.29) is 0 Å². The van der Waals surface area contributed by atoms with Gasteiger partial charge < -0.3 is 5.32 Å². The Morgan fingerprint density at radius 3 is 3.19 bits per heavy atom. The minimum Gasteiger partial charge on any atom is -0.316 e. The topological polar surface area (TPSA) is 29.3 Å². The van der Waals surface area contributed by atoms with Crippen molar-refractivity contribution < 1.29 is 0 Å². The predicted molar refractivity (Wildman–Crippen MR) is 64.8 cm³/mol. The van der Waals surface area contributed by atoms with Crippen LogP contribution in [-0.4, -0.2) is 22.7 Å². The molecular weight excluding hydrogens is 198 g/mol. The first-order valence-electron chi connectivity index (χ1n) is 6.00. The SMILES string of the molecule is Cc1cccn2nc(C3CCCNC3)cc12. The average molecular weight is 215 g/mol.